The number of methoxy groups -OCH3 is 2. The van der Waals surface area contributed by atoms with E-state index in [2.05, 4.69) is 5.32 Å². The Kier molecular flexibility index (Phi) is 4.58. The minimum Gasteiger partial charge on any atom is -0.497 e. The average molecular weight is 225 g/mol. The van der Waals surface area contributed by atoms with Crippen LogP contribution in [0.4, 0.5) is 0 Å². The lowest BCUT2D eigenvalue weighted by molar-refractivity contribution is 0.148. The van der Waals surface area contributed by atoms with Gasteiger partial charge in [-0.15, -0.1) is 0 Å². The topological polar surface area (TPSA) is 50.7 Å². The van der Waals surface area contributed by atoms with Crippen molar-refractivity contribution < 1.29 is 14.6 Å². The van der Waals surface area contributed by atoms with Crippen LogP contribution >= 0.6 is 0 Å². The number of nitrogens with one attached hydrogen (secondary N) is 1. The summed E-state index contributed by atoms with van der Waals surface area (Å²) in [6, 6.07) is 5.40. The van der Waals surface area contributed by atoms with E-state index < -0.39 is 6.10 Å². The van der Waals surface area contributed by atoms with E-state index in [9.17, 15) is 5.11 Å². The van der Waals surface area contributed by atoms with Crippen molar-refractivity contribution >= 4 is 0 Å². The van der Waals surface area contributed by atoms with Gasteiger partial charge in [0.05, 0.1) is 26.4 Å². The third-order valence-corrected chi connectivity index (χ3v) is 2.57. The predicted molar refractivity (Wildman–Crippen MR) is 63.0 cm³/mol. The van der Waals surface area contributed by atoms with Crippen LogP contribution in [0.2, 0.25) is 0 Å². The maximum Gasteiger partial charge on any atom is 0.127 e. The molecule has 0 aliphatic rings. The number of benzene rings is 1. The van der Waals surface area contributed by atoms with Crippen LogP contribution in [0.15, 0.2) is 18.2 Å². The van der Waals surface area contributed by atoms with Crippen LogP contribution < -0.4 is 14.8 Å². The van der Waals surface area contributed by atoms with E-state index in [1.54, 1.807) is 28.2 Å². The first kappa shape index (κ1) is 12.8. The van der Waals surface area contributed by atoms with Crippen molar-refractivity contribution in [2.75, 3.05) is 21.3 Å². The van der Waals surface area contributed by atoms with Crippen LogP contribution in [0.3, 0.4) is 0 Å². The molecule has 1 aromatic rings. The summed E-state index contributed by atoms with van der Waals surface area (Å²) in [4.78, 5) is 0. The van der Waals surface area contributed by atoms with E-state index in [4.69, 9.17) is 9.47 Å². The molecule has 0 amide bonds. The number of ether oxygens (including phenoxy) is 2. The highest BCUT2D eigenvalue weighted by Gasteiger charge is 2.19. The summed E-state index contributed by atoms with van der Waals surface area (Å²) >= 11 is 0. The van der Waals surface area contributed by atoms with Gasteiger partial charge < -0.3 is 19.9 Å². The molecule has 1 rings (SSSR count). The van der Waals surface area contributed by atoms with Gasteiger partial charge in [-0.05, 0) is 26.1 Å². The minimum atomic E-state index is -0.493. The van der Waals surface area contributed by atoms with Crippen molar-refractivity contribution in [3.63, 3.8) is 0 Å². The quantitative estimate of drug-likeness (QED) is 0.794. The third-order valence-electron chi connectivity index (χ3n) is 2.57. The summed E-state index contributed by atoms with van der Waals surface area (Å²) in [5, 5.41) is 12.7. The van der Waals surface area contributed by atoms with Gasteiger partial charge in [0.1, 0.15) is 11.5 Å². The molecule has 16 heavy (non-hydrogen) atoms. The molecule has 1 aromatic carbocycles. The second-order valence-electron chi connectivity index (χ2n) is 3.61. The zero-order valence-electron chi connectivity index (χ0n) is 10.2. The van der Waals surface area contributed by atoms with Gasteiger partial charge in [0.2, 0.25) is 0 Å². The standard InChI is InChI=1S/C12H19NO3/c1-8(14)12(13-2)10-6-5-9(15-3)7-11(10)16-4/h5-8,12-14H,1-4H3. The molecule has 0 radical (unpaired) electrons. The molecule has 0 bridgehead atoms. The summed E-state index contributed by atoms with van der Waals surface area (Å²) in [5.41, 5.74) is 0.917. The Labute approximate surface area is 96.2 Å². The number of rotatable bonds is 5. The summed E-state index contributed by atoms with van der Waals surface area (Å²) in [5.74, 6) is 1.45. The van der Waals surface area contributed by atoms with Crippen molar-refractivity contribution in [2.24, 2.45) is 0 Å². The monoisotopic (exact) mass is 225 g/mol. The van der Waals surface area contributed by atoms with E-state index in [0.717, 1.165) is 11.3 Å². The predicted octanol–water partition coefficient (Wildman–Crippen LogP) is 1.35. The van der Waals surface area contributed by atoms with E-state index in [-0.39, 0.29) is 6.04 Å². The van der Waals surface area contributed by atoms with Crippen LogP contribution in [0.1, 0.15) is 18.5 Å². The molecule has 4 heteroatoms. The van der Waals surface area contributed by atoms with Crippen LogP contribution in [0, 0.1) is 0 Å². The van der Waals surface area contributed by atoms with E-state index >= 15 is 0 Å². The molecule has 0 heterocycles. The maximum absolute atomic E-state index is 9.66. The lowest BCUT2D eigenvalue weighted by Crippen LogP contribution is -2.27. The fraction of sp³-hybridized carbons (Fsp3) is 0.500. The molecular weight excluding hydrogens is 206 g/mol. The molecule has 0 aliphatic carbocycles. The number of aliphatic hydroxyl groups is 1. The number of likely N-dealkylation sites (N-methyl/N-ethyl adjacent to an activating group) is 1. The summed E-state index contributed by atoms with van der Waals surface area (Å²) in [7, 11) is 5.02. The fourth-order valence-corrected chi connectivity index (χ4v) is 1.73. The first-order valence-corrected chi connectivity index (χ1v) is 5.21. The Hall–Kier alpha value is -1.26. The first-order valence-electron chi connectivity index (χ1n) is 5.21. The van der Waals surface area contributed by atoms with Crippen molar-refractivity contribution in [1.82, 2.24) is 5.32 Å². The van der Waals surface area contributed by atoms with Crippen molar-refractivity contribution in [1.29, 1.82) is 0 Å². The number of hydrogen-bond donors (Lipinski definition) is 2. The van der Waals surface area contributed by atoms with Gasteiger partial charge in [-0.25, -0.2) is 0 Å². The second kappa shape index (κ2) is 5.72. The molecule has 0 saturated carbocycles. The SMILES string of the molecule is CNC(c1ccc(OC)cc1OC)C(C)O. The van der Waals surface area contributed by atoms with Gasteiger partial charge in [-0.1, -0.05) is 0 Å². The highest BCUT2D eigenvalue weighted by Crippen LogP contribution is 2.30. The van der Waals surface area contributed by atoms with Crippen LogP contribution in [0.25, 0.3) is 0 Å². The van der Waals surface area contributed by atoms with Gasteiger partial charge in [-0.3, -0.25) is 0 Å². The van der Waals surface area contributed by atoms with Crippen LogP contribution in [-0.4, -0.2) is 32.5 Å². The van der Waals surface area contributed by atoms with Crippen molar-refractivity contribution in [3.8, 4) is 11.5 Å². The summed E-state index contributed by atoms with van der Waals surface area (Å²) < 4.78 is 10.4. The Bertz CT molecular complexity index is 339. The van der Waals surface area contributed by atoms with Gasteiger partial charge in [0.25, 0.3) is 0 Å². The smallest absolute Gasteiger partial charge is 0.127 e. The molecule has 2 atom stereocenters. The Morgan fingerprint density at radius 1 is 1.25 bits per heavy atom. The van der Waals surface area contributed by atoms with Gasteiger partial charge in [-0.2, -0.15) is 0 Å². The maximum atomic E-state index is 9.66. The number of hydrogen-bond acceptors (Lipinski definition) is 4. The zero-order chi connectivity index (χ0) is 12.1. The lowest BCUT2D eigenvalue weighted by atomic mass is 10.0. The molecule has 0 aromatic heterocycles. The van der Waals surface area contributed by atoms with Gasteiger partial charge >= 0.3 is 0 Å². The Morgan fingerprint density at radius 3 is 2.38 bits per heavy atom. The molecular formula is C12H19NO3. The minimum absolute atomic E-state index is 0.152. The molecule has 2 unspecified atom stereocenters. The van der Waals surface area contributed by atoms with Gasteiger partial charge in [0.15, 0.2) is 0 Å². The van der Waals surface area contributed by atoms with Gasteiger partial charge in [0, 0.05) is 11.6 Å². The zero-order valence-corrected chi connectivity index (χ0v) is 10.2. The Balaban J connectivity index is 3.11. The van der Waals surface area contributed by atoms with E-state index in [1.165, 1.54) is 0 Å². The van der Waals surface area contributed by atoms with Crippen LogP contribution in [-0.2, 0) is 0 Å². The van der Waals surface area contributed by atoms with E-state index in [1.807, 2.05) is 18.2 Å². The average Bonchev–Trinajstić information content (AvgIpc) is 2.29. The molecule has 90 valence electrons. The molecule has 0 saturated heterocycles. The molecule has 0 fully saturated rings. The lowest BCUT2D eigenvalue weighted by Gasteiger charge is -2.22. The molecule has 0 spiro atoms. The van der Waals surface area contributed by atoms with E-state index in [0.29, 0.717) is 5.75 Å². The van der Waals surface area contributed by atoms with Crippen molar-refractivity contribution in [3.05, 3.63) is 23.8 Å². The largest absolute Gasteiger partial charge is 0.497 e. The second-order valence-corrected chi connectivity index (χ2v) is 3.61. The first-order chi connectivity index (χ1) is 7.63. The third kappa shape index (κ3) is 2.65. The van der Waals surface area contributed by atoms with Crippen LogP contribution in [0.5, 0.6) is 11.5 Å². The molecule has 2 N–H and O–H groups in total. The highest BCUT2D eigenvalue weighted by atomic mass is 16.5. The normalized spacial score (nSPS) is 14.3. The molecule has 4 nitrogen and oxygen atoms in total. The highest BCUT2D eigenvalue weighted by molar-refractivity contribution is 5.42. The molecule has 0 aliphatic heterocycles. The Morgan fingerprint density at radius 2 is 1.94 bits per heavy atom. The fourth-order valence-electron chi connectivity index (χ4n) is 1.73. The summed E-state index contributed by atoms with van der Waals surface area (Å²) in [6.07, 6.45) is -0.493. The number of aliphatic hydroxyl groups excluding tert-OH is 1. The summed E-state index contributed by atoms with van der Waals surface area (Å²) in [6.45, 7) is 1.74. The van der Waals surface area contributed by atoms with Crippen molar-refractivity contribution in [2.45, 2.75) is 19.1 Å².